The highest BCUT2D eigenvalue weighted by Crippen LogP contribution is 2.36. The van der Waals surface area contributed by atoms with Crippen LogP contribution in [0.2, 0.25) is 0 Å². The van der Waals surface area contributed by atoms with Crippen molar-refractivity contribution in [3.63, 3.8) is 0 Å². The number of anilines is 1. The van der Waals surface area contributed by atoms with Crippen molar-refractivity contribution in [3.05, 3.63) is 5.51 Å². The summed E-state index contributed by atoms with van der Waals surface area (Å²) in [5.74, 6) is 0.190. The number of nitrogens with zero attached hydrogens (tertiary/aromatic N) is 4. The van der Waals surface area contributed by atoms with Crippen LogP contribution >= 0.6 is 11.3 Å². The summed E-state index contributed by atoms with van der Waals surface area (Å²) in [6.07, 6.45) is 1.78. The molecule has 8 heteroatoms. The van der Waals surface area contributed by atoms with E-state index in [9.17, 15) is 8.42 Å². The van der Waals surface area contributed by atoms with Crippen LogP contribution < -0.4 is 4.90 Å². The summed E-state index contributed by atoms with van der Waals surface area (Å²) in [5.41, 5.74) is 1.72. The maximum atomic E-state index is 12.0. The van der Waals surface area contributed by atoms with E-state index < -0.39 is 10.0 Å². The highest BCUT2D eigenvalue weighted by molar-refractivity contribution is 7.89. The predicted molar refractivity (Wildman–Crippen MR) is 70.2 cm³/mol. The van der Waals surface area contributed by atoms with E-state index in [-0.39, 0.29) is 17.8 Å². The quantitative estimate of drug-likeness (QED) is 0.812. The molecule has 1 aromatic heterocycles. The molecule has 3 rings (SSSR count). The van der Waals surface area contributed by atoms with Gasteiger partial charge in [-0.1, -0.05) is 11.3 Å². The second kappa shape index (κ2) is 4.43. The Balaban J connectivity index is 1.83. The normalized spacial score (nSPS) is 28.8. The van der Waals surface area contributed by atoms with Gasteiger partial charge in [-0.2, -0.15) is 4.31 Å². The molecule has 0 aromatic carbocycles. The molecule has 0 unspecified atom stereocenters. The SMILES string of the molecule is CCS(=O)(=O)N1CC[C@@H]2[C@@H]1CCN2c1nncs1. The summed E-state index contributed by atoms with van der Waals surface area (Å²) in [6.45, 7) is 3.22. The molecule has 2 aliphatic heterocycles. The van der Waals surface area contributed by atoms with Crippen LogP contribution in [0.1, 0.15) is 19.8 Å². The van der Waals surface area contributed by atoms with Crippen LogP contribution in [-0.2, 0) is 10.0 Å². The zero-order valence-electron chi connectivity index (χ0n) is 10.2. The Labute approximate surface area is 111 Å². The van der Waals surface area contributed by atoms with Gasteiger partial charge < -0.3 is 4.90 Å². The second-order valence-corrected chi connectivity index (χ2v) is 7.66. The van der Waals surface area contributed by atoms with Crippen molar-refractivity contribution in [2.24, 2.45) is 0 Å². The maximum absolute atomic E-state index is 12.0. The first-order valence-corrected chi connectivity index (χ1v) is 8.64. The van der Waals surface area contributed by atoms with Gasteiger partial charge in [-0.3, -0.25) is 0 Å². The lowest BCUT2D eigenvalue weighted by atomic mass is 10.1. The van der Waals surface area contributed by atoms with Crippen molar-refractivity contribution in [1.29, 1.82) is 0 Å². The van der Waals surface area contributed by atoms with Crippen molar-refractivity contribution in [2.45, 2.75) is 31.8 Å². The molecule has 6 nitrogen and oxygen atoms in total. The van der Waals surface area contributed by atoms with E-state index in [0.29, 0.717) is 6.54 Å². The molecule has 2 fully saturated rings. The summed E-state index contributed by atoms with van der Waals surface area (Å²) in [5, 5.41) is 8.87. The molecule has 0 aliphatic carbocycles. The first-order chi connectivity index (χ1) is 8.63. The second-order valence-electron chi connectivity index (χ2n) is 4.64. The summed E-state index contributed by atoms with van der Waals surface area (Å²) >= 11 is 1.52. The molecule has 1 aromatic rings. The van der Waals surface area contributed by atoms with E-state index in [1.165, 1.54) is 11.3 Å². The highest BCUT2D eigenvalue weighted by atomic mass is 32.2. The topological polar surface area (TPSA) is 66.4 Å². The number of aromatic nitrogens is 2. The largest absolute Gasteiger partial charge is 0.342 e. The summed E-state index contributed by atoms with van der Waals surface area (Å²) < 4.78 is 25.7. The van der Waals surface area contributed by atoms with Gasteiger partial charge in [-0.15, -0.1) is 10.2 Å². The van der Waals surface area contributed by atoms with Gasteiger partial charge in [0.05, 0.1) is 5.75 Å². The van der Waals surface area contributed by atoms with E-state index >= 15 is 0 Å². The highest BCUT2D eigenvalue weighted by Gasteiger charge is 2.47. The lowest BCUT2D eigenvalue weighted by molar-refractivity contribution is 0.389. The molecular formula is C10H16N4O2S2. The molecular weight excluding hydrogens is 272 g/mol. The Morgan fingerprint density at radius 2 is 2.17 bits per heavy atom. The van der Waals surface area contributed by atoms with Crippen LogP contribution in [0.15, 0.2) is 5.51 Å². The molecule has 18 heavy (non-hydrogen) atoms. The van der Waals surface area contributed by atoms with Crippen molar-refractivity contribution < 1.29 is 8.42 Å². The van der Waals surface area contributed by atoms with Crippen molar-refractivity contribution in [1.82, 2.24) is 14.5 Å². The Hall–Kier alpha value is -0.730. The fourth-order valence-corrected chi connectivity index (χ4v) is 5.01. The zero-order valence-corrected chi connectivity index (χ0v) is 11.8. The van der Waals surface area contributed by atoms with E-state index in [4.69, 9.17) is 0 Å². The fourth-order valence-electron chi connectivity index (χ4n) is 2.99. The van der Waals surface area contributed by atoms with E-state index in [0.717, 1.165) is 24.5 Å². The van der Waals surface area contributed by atoms with E-state index in [1.807, 2.05) is 0 Å². The monoisotopic (exact) mass is 288 g/mol. The molecule has 0 radical (unpaired) electrons. The number of hydrogen-bond donors (Lipinski definition) is 0. The molecule has 2 saturated heterocycles. The van der Waals surface area contributed by atoms with Crippen LogP contribution in [-0.4, -0.2) is 53.8 Å². The van der Waals surface area contributed by atoms with Crippen LogP contribution in [0, 0.1) is 0 Å². The number of hydrogen-bond acceptors (Lipinski definition) is 6. The maximum Gasteiger partial charge on any atom is 0.214 e. The first-order valence-electron chi connectivity index (χ1n) is 6.16. The van der Waals surface area contributed by atoms with Gasteiger partial charge in [-0.05, 0) is 19.8 Å². The van der Waals surface area contributed by atoms with Gasteiger partial charge in [0.1, 0.15) is 5.51 Å². The van der Waals surface area contributed by atoms with Crippen molar-refractivity contribution in [3.8, 4) is 0 Å². The molecule has 100 valence electrons. The average molecular weight is 288 g/mol. The lowest BCUT2D eigenvalue weighted by Gasteiger charge is -2.24. The van der Waals surface area contributed by atoms with Gasteiger partial charge >= 0.3 is 0 Å². The minimum Gasteiger partial charge on any atom is -0.342 e. The zero-order chi connectivity index (χ0) is 12.8. The molecule has 0 bridgehead atoms. The number of fused-ring (bicyclic) bond motifs is 1. The van der Waals surface area contributed by atoms with Gasteiger partial charge in [0, 0.05) is 25.2 Å². The van der Waals surface area contributed by atoms with Gasteiger partial charge in [0.25, 0.3) is 0 Å². The molecule has 3 heterocycles. The fraction of sp³-hybridized carbons (Fsp3) is 0.800. The third kappa shape index (κ3) is 1.83. The average Bonchev–Trinajstić information content (AvgIpc) is 3.04. The summed E-state index contributed by atoms with van der Waals surface area (Å²) in [7, 11) is -3.07. The predicted octanol–water partition coefficient (Wildman–Crippen LogP) is 0.541. The van der Waals surface area contributed by atoms with Crippen LogP contribution in [0.3, 0.4) is 0 Å². The van der Waals surface area contributed by atoms with Gasteiger partial charge in [-0.25, -0.2) is 8.42 Å². The first kappa shape index (κ1) is 12.3. The van der Waals surface area contributed by atoms with E-state index in [2.05, 4.69) is 15.1 Å². The molecule has 0 saturated carbocycles. The van der Waals surface area contributed by atoms with Crippen LogP contribution in [0.4, 0.5) is 5.13 Å². The lowest BCUT2D eigenvalue weighted by Crippen LogP contribution is -2.40. The van der Waals surface area contributed by atoms with Crippen LogP contribution in [0.5, 0.6) is 0 Å². The van der Waals surface area contributed by atoms with Crippen LogP contribution in [0.25, 0.3) is 0 Å². The van der Waals surface area contributed by atoms with Crippen molar-refractivity contribution >= 4 is 26.5 Å². The number of rotatable bonds is 3. The molecule has 0 N–H and O–H groups in total. The van der Waals surface area contributed by atoms with E-state index in [1.54, 1.807) is 16.7 Å². The molecule has 2 atom stereocenters. The Bertz CT molecular complexity index is 516. The van der Waals surface area contributed by atoms with Crippen molar-refractivity contribution in [2.75, 3.05) is 23.7 Å². The summed E-state index contributed by atoms with van der Waals surface area (Å²) in [4.78, 5) is 2.22. The molecule has 2 aliphatic rings. The molecule has 0 amide bonds. The van der Waals surface area contributed by atoms with Gasteiger partial charge in [0.15, 0.2) is 0 Å². The third-order valence-electron chi connectivity index (χ3n) is 3.84. The Morgan fingerprint density at radius 3 is 2.83 bits per heavy atom. The minimum atomic E-state index is -3.07. The third-order valence-corrected chi connectivity index (χ3v) is 6.47. The smallest absolute Gasteiger partial charge is 0.214 e. The molecule has 0 spiro atoms. The summed E-state index contributed by atoms with van der Waals surface area (Å²) in [6, 6.07) is 0.401. The Morgan fingerprint density at radius 1 is 1.39 bits per heavy atom. The Kier molecular flexibility index (Phi) is 3.03. The number of sulfonamides is 1. The standard InChI is InChI=1S/C10H16N4O2S2/c1-2-18(15,16)14-6-4-8-9(14)3-5-13(8)10-12-11-7-17-10/h7-9H,2-6H2,1H3/t8-,9+/m1/s1. The minimum absolute atomic E-state index is 0.124. The van der Waals surface area contributed by atoms with Gasteiger partial charge in [0.2, 0.25) is 15.2 Å².